The van der Waals surface area contributed by atoms with Crippen molar-refractivity contribution in [2.45, 2.75) is 31.9 Å². The molecule has 1 aliphatic rings. The van der Waals surface area contributed by atoms with E-state index in [4.69, 9.17) is 4.74 Å². The van der Waals surface area contributed by atoms with Crippen molar-refractivity contribution < 1.29 is 9.84 Å². The maximum atomic E-state index is 9.32. The number of hydrogen-bond acceptors (Lipinski definition) is 6. The monoisotopic (exact) mass is 252 g/mol. The Balaban J connectivity index is 2.16. The molecule has 0 unspecified atom stereocenters. The summed E-state index contributed by atoms with van der Waals surface area (Å²) in [5.74, 6) is 2.14. The second kappa shape index (κ2) is 5.49. The van der Waals surface area contributed by atoms with Crippen molar-refractivity contribution >= 4 is 11.6 Å². The van der Waals surface area contributed by atoms with E-state index in [1.165, 1.54) is 0 Å². The van der Waals surface area contributed by atoms with E-state index in [-0.39, 0.29) is 12.1 Å². The van der Waals surface area contributed by atoms with Crippen LogP contribution in [0.3, 0.4) is 0 Å². The zero-order valence-electron chi connectivity index (χ0n) is 10.9. The van der Waals surface area contributed by atoms with E-state index >= 15 is 0 Å². The molecule has 18 heavy (non-hydrogen) atoms. The lowest BCUT2D eigenvalue weighted by Gasteiger charge is -2.16. The third kappa shape index (κ3) is 3.08. The summed E-state index contributed by atoms with van der Waals surface area (Å²) in [6.07, 6.45) is 1.95. The zero-order valence-corrected chi connectivity index (χ0v) is 10.9. The molecule has 1 aliphatic carbocycles. The number of ether oxygens (including phenoxy) is 1. The molecule has 100 valence electrons. The number of aromatic nitrogens is 2. The Morgan fingerprint density at radius 2 is 2.11 bits per heavy atom. The van der Waals surface area contributed by atoms with Gasteiger partial charge in [-0.05, 0) is 19.8 Å². The summed E-state index contributed by atoms with van der Waals surface area (Å²) in [7, 11) is 1.62. The summed E-state index contributed by atoms with van der Waals surface area (Å²) in [4.78, 5) is 8.72. The molecule has 0 atom stereocenters. The quantitative estimate of drug-likeness (QED) is 0.671. The van der Waals surface area contributed by atoms with E-state index in [1.807, 2.05) is 13.0 Å². The average molecular weight is 252 g/mol. The van der Waals surface area contributed by atoms with Crippen molar-refractivity contribution in [3.63, 3.8) is 0 Å². The highest BCUT2D eigenvalue weighted by Gasteiger charge is 2.42. The Morgan fingerprint density at radius 3 is 2.67 bits per heavy atom. The van der Waals surface area contributed by atoms with Gasteiger partial charge in [-0.25, -0.2) is 9.97 Å². The molecule has 3 N–H and O–H groups in total. The highest BCUT2D eigenvalue weighted by atomic mass is 16.5. The van der Waals surface area contributed by atoms with Gasteiger partial charge in [0.15, 0.2) is 5.82 Å². The minimum absolute atomic E-state index is 0.132. The Kier molecular flexibility index (Phi) is 3.98. The van der Waals surface area contributed by atoms with Crippen molar-refractivity contribution in [2.24, 2.45) is 0 Å². The molecule has 0 radical (unpaired) electrons. The molecule has 0 aromatic carbocycles. The van der Waals surface area contributed by atoms with Crippen LogP contribution in [0.4, 0.5) is 11.6 Å². The normalized spacial score (nSPS) is 16.4. The van der Waals surface area contributed by atoms with Crippen LogP contribution in [0.15, 0.2) is 6.07 Å². The number of nitrogens with zero attached hydrogens (tertiary/aromatic N) is 2. The van der Waals surface area contributed by atoms with Crippen molar-refractivity contribution in [2.75, 3.05) is 30.9 Å². The van der Waals surface area contributed by atoms with Gasteiger partial charge in [0.2, 0.25) is 0 Å². The number of hydrogen-bond donors (Lipinski definition) is 3. The fraction of sp³-hybridized carbons (Fsp3) is 0.667. The molecule has 0 spiro atoms. The summed E-state index contributed by atoms with van der Waals surface area (Å²) in [5, 5.41) is 15.8. The van der Waals surface area contributed by atoms with Gasteiger partial charge in [0.05, 0.1) is 12.1 Å². The summed E-state index contributed by atoms with van der Waals surface area (Å²) in [5.41, 5.74) is -0.178. The second-order valence-electron chi connectivity index (χ2n) is 4.58. The van der Waals surface area contributed by atoms with Crippen LogP contribution >= 0.6 is 0 Å². The van der Waals surface area contributed by atoms with Crippen LogP contribution in [-0.4, -0.2) is 40.9 Å². The highest BCUT2D eigenvalue weighted by molar-refractivity contribution is 5.50. The maximum Gasteiger partial charge on any atom is 0.158 e. The standard InChI is InChI=1S/C12H20N4O2/c1-3-13-9-6-10(15-11(14-9)7-18-2)16-12(8-17)4-5-12/h6,17H,3-5,7-8H2,1-2H3,(H2,13,14,15,16). The molecular formula is C12H20N4O2. The van der Waals surface area contributed by atoms with Crippen LogP contribution in [0.2, 0.25) is 0 Å². The van der Waals surface area contributed by atoms with E-state index in [9.17, 15) is 5.11 Å². The van der Waals surface area contributed by atoms with Crippen molar-refractivity contribution in [3.8, 4) is 0 Å². The molecular weight excluding hydrogens is 232 g/mol. The predicted octanol–water partition coefficient (Wildman–Crippen LogP) is 0.992. The molecule has 1 aromatic rings. The van der Waals surface area contributed by atoms with Gasteiger partial charge in [-0.3, -0.25) is 0 Å². The number of anilines is 2. The molecule has 6 nitrogen and oxygen atoms in total. The third-order valence-corrected chi connectivity index (χ3v) is 2.95. The average Bonchev–Trinajstić information content (AvgIpc) is 3.10. The number of aliphatic hydroxyl groups is 1. The molecule has 2 rings (SSSR count). The van der Waals surface area contributed by atoms with Crippen LogP contribution < -0.4 is 10.6 Å². The van der Waals surface area contributed by atoms with Crippen LogP contribution in [0, 0.1) is 0 Å². The smallest absolute Gasteiger partial charge is 0.158 e. The first kappa shape index (κ1) is 13.0. The van der Waals surface area contributed by atoms with Gasteiger partial charge in [0, 0.05) is 19.7 Å². The van der Waals surface area contributed by atoms with E-state index in [2.05, 4.69) is 20.6 Å². The lowest BCUT2D eigenvalue weighted by Crippen LogP contribution is -2.26. The molecule has 0 aliphatic heterocycles. The molecule has 0 amide bonds. The van der Waals surface area contributed by atoms with Gasteiger partial charge in [0.1, 0.15) is 18.2 Å². The first-order valence-corrected chi connectivity index (χ1v) is 6.21. The van der Waals surface area contributed by atoms with Crippen LogP contribution in [-0.2, 0) is 11.3 Å². The molecule has 1 saturated carbocycles. The van der Waals surface area contributed by atoms with E-state index < -0.39 is 0 Å². The van der Waals surface area contributed by atoms with Gasteiger partial charge in [-0.2, -0.15) is 0 Å². The highest BCUT2D eigenvalue weighted by Crippen LogP contribution is 2.38. The van der Waals surface area contributed by atoms with Crippen molar-refractivity contribution in [1.82, 2.24) is 9.97 Å². The maximum absolute atomic E-state index is 9.32. The minimum Gasteiger partial charge on any atom is -0.394 e. The molecule has 1 aromatic heterocycles. The van der Waals surface area contributed by atoms with E-state index in [1.54, 1.807) is 7.11 Å². The van der Waals surface area contributed by atoms with Crippen molar-refractivity contribution in [3.05, 3.63) is 11.9 Å². The van der Waals surface area contributed by atoms with E-state index in [0.717, 1.165) is 31.0 Å². The Morgan fingerprint density at radius 1 is 1.39 bits per heavy atom. The molecule has 6 heteroatoms. The summed E-state index contributed by atoms with van der Waals surface area (Å²) >= 11 is 0. The molecule has 0 bridgehead atoms. The fourth-order valence-electron chi connectivity index (χ4n) is 1.77. The topological polar surface area (TPSA) is 79.3 Å². The van der Waals surface area contributed by atoms with Gasteiger partial charge in [-0.15, -0.1) is 0 Å². The largest absolute Gasteiger partial charge is 0.394 e. The van der Waals surface area contributed by atoms with E-state index in [0.29, 0.717) is 12.4 Å². The zero-order chi connectivity index (χ0) is 13.0. The van der Waals surface area contributed by atoms with Gasteiger partial charge in [0.25, 0.3) is 0 Å². The Labute approximate surface area is 107 Å². The Bertz CT molecular complexity index is 383. The van der Waals surface area contributed by atoms with Crippen LogP contribution in [0.5, 0.6) is 0 Å². The number of methoxy groups -OCH3 is 1. The third-order valence-electron chi connectivity index (χ3n) is 2.95. The summed E-state index contributed by atoms with van der Waals surface area (Å²) in [6, 6.07) is 1.86. The second-order valence-corrected chi connectivity index (χ2v) is 4.58. The van der Waals surface area contributed by atoms with Crippen LogP contribution in [0.25, 0.3) is 0 Å². The molecule has 1 fully saturated rings. The SMILES string of the molecule is CCNc1cc(NC2(CO)CC2)nc(COC)n1. The minimum atomic E-state index is -0.178. The van der Waals surface area contributed by atoms with Gasteiger partial charge < -0.3 is 20.5 Å². The van der Waals surface area contributed by atoms with Crippen molar-refractivity contribution in [1.29, 1.82) is 0 Å². The lowest BCUT2D eigenvalue weighted by atomic mass is 10.3. The summed E-state index contributed by atoms with van der Waals surface area (Å²) < 4.78 is 5.06. The lowest BCUT2D eigenvalue weighted by molar-refractivity contribution is 0.178. The molecule has 1 heterocycles. The Hall–Kier alpha value is -1.40. The van der Waals surface area contributed by atoms with Gasteiger partial charge >= 0.3 is 0 Å². The number of rotatable bonds is 7. The predicted molar refractivity (Wildman–Crippen MR) is 69.6 cm³/mol. The fourth-order valence-corrected chi connectivity index (χ4v) is 1.77. The van der Waals surface area contributed by atoms with Gasteiger partial charge in [-0.1, -0.05) is 0 Å². The number of aliphatic hydroxyl groups excluding tert-OH is 1. The number of nitrogens with one attached hydrogen (secondary N) is 2. The van der Waals surface area contributed by atoms with Crippen LogP contribution in [0.1, 0.15) is 25.6 Å². The first-order valence-electron chi connectivity index (χ1n) is 6.21. The summed E-state index contributed by atoms with van der Waals surface area (Å²) in [6.45, 7) is 3.32. The first-order chi connectivity index (χ1) is 8.71. The molecule has 0 saturated heterocycles.